The van der Waals surface area contributed by atoms with Crippen molar-refractivity contribution in [3.05, 3.63) is 35.3 Å². The summed E-state index contributed by atoms with van der Waals surface area (Å²) in [4.78, 5) is 37.2. The number of carbonyl (C=O) groups is 2. The molecule has 1 aliphatic rings. The smallest absolute Gasteiger partial charge is 0.407 e. The van der Waals surface area contributed by atoms with Crippen LogP contribution in [0.3, 0.4) is 0 Å². The van der Waals surface area contributed by atoms with E-state index in [0.29, 0.717) is 38.5 Å². The second kappa shape index (κ2) is 10.4. The van der Waals surface area contributed by atoms with Crippen molar-refractivity contribution < 1.29 is 24.6 Å². The van der Waals surface area contributed by atoms with Crippen molar-refractivity contribution in [3.8, 4) is 11.4 Å². The topological polar surface area (TPSA) is 157 Å². The monoisotopic (exact) mass is 511 g/mol. The number of anilines is 1. The summed E-state index contributed by atoms with van der Waals surface area (Å²) in [7, 11) is 0. The molecular formula is C23H25N7O5S. The Kier molecular flexibility index (Phi) is 6.93. The molecule has 0 saturated carbocycles. The zero-order valence-corrected chi connectivity index (χ0v) is 20.1. The van der Waals surface area contributed by atoms with Crippen LogP contribution in [0.15, 0.2) is 30.5 Å². The van der Waals surface area contributed by atoms with Crippen molar-refractivity contribution in [1.82, 2.24) is 30.5 Å². The first-order valence-corrected chi connectivity index (χ1v) is 12.3. The van der Waals surface area contributed by atoms with Crippen LogP contribution < -0.4 is 10.4 Å². The lowest BCUT2D eigenvalue weighted by Crippen LogP contribution is -2.36. The number of hydrogen-bond donors (Lipinski definition) is 4. The van der Waals surface area contributed by atoms with E-state index >= 15 is 0 Å². The molecule has 0 atom stereocenters. The first kappa shape index (κ1) is 23.9. The normalized spacial score (nSPS) is 13.9. The quantitative estimate of drug-likeness (QED) is 0.206. The molecule has 1 aliphatic heterocycles. The number of hydroxylamine groups is 1. The van der Waals surface area contributed by atoms with Gasteiger partial charge in [-0.25, -0.2) is 20.2 Å². The molecule has 4 N–H and O–H groups in total. The lowest BCUT2D eigenvalue weighted by atomic mass is 10.1. The van der Waals surface area contributed by atoms with Gasteiger partial charge in [-0.05, 0) is 18.6 Å². The molecule has 1 fully saturated rings. The fourth-order valence-corrected chi connectivity index (χ4v) is 5.36. The average molecular weight is 512 g/mol. The van der Waals surface area contributed by atoms with E-state index in [4.69, 9.17) is 19.9 Å². The van der Waals surface area contributed by atoms with E-state index < -0.39 is 12.0 Å². The Balaban J connectivity index is 1.51. The van der Waals surface area contributed by atoms with Crippen molar-refractivity contribution in [1.29, 1.82) is 0 Å². The summed E-state index contributed by atoms with van der Waals surface area (Å²) in [6, 6.07) is 7.74. The van der Waals surface area contributed by atoms with E-state index in [0.717, 1.165) is 37.4 Å². The van der Waals surface area contributed by atoms with E-state index in [1.54, 1.807) is 11.7 Å². The number of carbonyl (C=O) groups excluding carboxylic acids is 1. The lowest BCUT2D eigenvalue weighted by Gasteiger charge is -2.28. The van der Waals surface area contributed by atoms with Gasteiger partial charge in [0.25, 0.3) is 0 Å². The molecule has 4 heterocycles. The van der Waals surface area contributed by atoms with E-state index in [-0.39, 0.29) is 19.5 Å². The molecular weight excluding hydrogens is 486 g/mol. The van der Waals surface area contributed by atoms with Crippen molar-refractivity contribution in [3.63, 3.8) is 0 Å². The van der Waals surface area contributed by atoms with Gasteiger partial charge < -0.3 is 19.6 Å². The Morgan fingerprint density at radius 3 is 2.86 bits per heavy atom. The van der Waals surface area contributed by atoms with Crippen LogP contribution in [0.4, 0.5) is 10.6 Å². The van der Waals surface area contributed by atoms with Gasteiger partial charge in [-0.1, -0.05) is 12.1 Å². The lowest BCUT2D eigenvalue weighted by molar-refractivity contribution is -0.129. The largest absolute Gasteiger partial charge is 0.465 e. The van der Waals surface area contributed by atoms with Gasteiger partial charge in [0.1, 0.15) is 0 Å². The predicted octanol–water partition coefficient (Wildman–Crippen LogP) is 2.84. The summed E-state index contributed by atoms with van der Waals surface area (Å²) in [5.74, 6) is 0.829. The molecule has 12 nitrogen and oxygen atoms in total. The van der Waals surface area contributed by atoms with Crippen LogP contribution in [0.2, 0.25) is 0 Å². The Morgan fingerprint density at radius 1 is 1.25 bits per heavy atom. The van der Waals surface area contributed by atoms with Crippen LogP contribution in [0.25, 0.3) is 32.5 Å². The van der Waals surface area contributed by atoms with Crippen LogP contribution >= 0.6 is 11.3 Å². The fraction of sp³-hybridized carbons (Fsp3) is 0.348. The molecule has 13 heteroatoms. The maximum absolute atomic E-state index is 11.8. The highest BCUT2D eigenvalue weighted by Crippen LogP contribution is 2.36. The Labute approximate surface area is 209 Å². The molecule has 4 aromatic rings. The highest BCUT2D eigenvalue weighted by molar-refractivity contribution is 7.19. The summed E-state index contributed by atoms with van der Waals surface area (Å²) in [5.41, 5.74) is 4.06. The average Bonchev–Trinajstić information content (AvgIpc) is 3.54. The fourth-order valence-electron chi connectivity index (χ4n) is 4.23. The van der Waals surface area contributed by atoms with Crippen molar-refractivity contribution in [2.75, 3.05) is 37.7 Å². The Bertz CT molecular complexity index is 1400. The maximum atomic E-state index is 11.8. The van der Waals surface area contributed by atoms with E-state index in [2.05, 4.69) is 15.1 Å². The van der Waals surface area contributed by atoms with Gasteiger partial charge in [0, 0.05) is 41.9 Å². The Morgan fingerprint density at radius 2 is 2.08 bits per heavy atom. The number of carboxylic acid groups (broad SMARTS) is 1. The third-order valence-electron chi connectivity index (χ3n) is 6.01. The number of nitrogens with one attached hydrogen (secondary N) is 2. The minimum absolute atomic E-state index is 0.0300. The number of nitrogens with zero attached hydrogens (tertiary/aromatic N) is 5. The van der Waals surface area contributed by atoms with Gasteiger partial charge in [0.15, 0.2) is 11.6 Å². The van der Waals surface area contributed by atoms with E-state index in [1.807, 2.05) is 24.3 Å². The summed E-state index contributed by atoms with van der Waals surface area (Å²) >= 11 is 1.47. The second-order valence-electron chi connectivity index (χ2n) is 8.38. The van der Waals surface area contributed by atoms with Crippen LogP contribution in [0, 0.1) is 0 Å². The number of H-pyrrole nitrogens is 1. The number of morpholine rings is 1. The molecule has 0 spiro atoms. The van der Waals surface area contributed by atoms with Crippen molar-refractivity contribution in [2.45, 2.75) is 19.4 Å². The van der Waals surface area contributed by atoms with Gasteiger partial charge in [-0.15, -0.1) is 11.3 Å². The molecule has 0 bridgehead atoms. The summed E-state index contributed by atoms with van der Waals surface area (Å²) in [5, 5.41) is 26.4. The molecule has 1 aromatic carbocycles. The van der Waals surface area contributed by atoms with Gasteiger partial charge in [0.05, 0.1) is 41.7 Å². The highest BCUT2D eigenvalue weighted by Gasteiger charge is 2.22. The molecule has 5 rings (SSSR count). The molecule has 0 unspecified atom stereocenters. The van der Waals surface area contributed by atoms with Crippen LogP contribution in [-0.2, 0) is 16.1 Å². The van der Waals surface area contributed by atoms with Crippen molar-refractivity contribution in [2.24, 2.45) is 0 Å². The standard InChI is InChI=1S/C23H25N7O5S/c31-19(28-34)5-2-6-30(23(32)33)13-14-11-18-20(36-14)22(29-7-9-35-10-8-29)26-21(25-18)15-3-1-4-17-16(15)12-24-27-17/h1,3-4,11-12,34H,2,5-10,13H2,(H,24,27)(H,28,31)(H,32,33). The SMILES string of the molecule is O=C(CCCN(Cc1cc2nc(-c3cccc4[nH]ncc34)nc(N3CCOCC3)c2s1)C(=O)O)NO. The molecule has 3 aromatic heterocycles. The predicted molar refractivity (Wildman–Crippen MR) is 133 cm³/mol. The zero-order valence-electron chi connectivity index (χ0n) is 19.3. The van der Waals surface area contributed by atoms with Gasteiger partial charge >= 0.3 is 6.09 Å². The number of thiophene rings is 1. The summed E-state index contributed by atoms with van der Waals surface area (Å²) in [6.45, 7) is 2.92. The zero-order chi connectivity index (χ0) is 25.1. The number of amides is 2. The van der Waals surface area contributed by atoms with Crippen LogP contribution in [0.1, 0.15) is 17.7 Å². The number of hydrogen-bond acceptors (Lipinski definition) is 9. The van der Waals surface area contributed by atoms with E-state index in [9.17, 15) is 14.7 Å². The Hall–Kier alpha value is -3.81. The summed E-state index contributed by atoms with van der Waals surface area (Å²) in [6.07, 6.45) is 1.00. The molecule has 0 radical (unpaired) electrons. The number of aromatic amines is 1. The highest BCUT2D eigenvalue weighted by atomic mass is 32.1. The molecule has 188 valence electrons. The van der Waals surface area contributed by atoms with Crippen molar-refractivity contribution >= 4 is 50.3 Å². The van der Waals surface area contributed by atoms with Gasteiger partial charge in [-0.3, -0.25) is 15.1 Å². The summed E-state index contributed by atoms with van der Waals surface area (Å²) < 4.78 is 6.42. The third-order valence-corrected chi connectivity index (χ3v) is 7.12. The molecule has 0 aliphatic carbocycles. The molecule has 36 heavy (non-hydrogen) atoms. The first-order valence-electron chi connectivity index (χ1n) is 11.5. The molecule has 2 amide bonds. The van der Waals surface area contributed by atoms with E-state index in [1.165, 1.54) is 16.2 Å². The van der Waals surface area contributed by atoms with Crippen LogP contribution in [0.5, 0.6) is 0 Å². The number of aromatic nitrogens is 4. The maximum Gasteiger partial charge on any atom is 0.407 e. The number of fused-ring (bicyclic) bond motifs is 2. The molecule has 1 saturated heterocycles. The van der Waals surface area contributed by atoms with Gasteiger partial charge in [-0.2, -0.15) is 5.10 Å². The van der Waals surface area contributed by atoms with Gasteiger partial charge in [0.2, 0.25) is 5.91 Å². The number of ether oxygens (including phenoxy) is 1. The minimum Gasteiger partial charge on any atom is -0.465 e. The number of benzene rings is 1. The third kappa shape index (κ3) is 4.94. The second-order valence-corrected chi connectivity index (χ2v) is 9.51. The number of rotatable bonds is 8. The minimum atomic E-state index is -1.08. The first-order chi connectivity index (χ1) is 17.5. The van der Waals surface area contributed by atoms with Crippen LogP contribution in [-0.4, -0.2) is 80.2 Å².